The molecule has 0 saturated carbocycles. The fourth-order valence-corrected chi connectivity index (χ4v) is 4.94. The van der Waals surface area contributed by atoms with Crippen molar-refractivity contribution in [3.05, 3.63) is 64.5 Å². The highest BCUT2D eigenvalue weighted by Crippen LogP contribution is 2.25. The third-order valence-electron chi connectivity index (χ3n) is 5.64. The highest BCUT2D eigenvalue weighted by Gasteiger charge is 2.26. The first-order valence-electron chi connectivity index (χ1n) is 10.4. The van der Waals surface area contributed by atoms with Crippen molar-refractivity contribution in [3.8, 4) is 5.69 Å². The summed E-state index contributed by atoms with van der Waals surface area (Å²) >= 11 is 1.10. The van der Waals surface area contributed by atoms with Crippen molar-refractivity contribution < 1.29 is 13.6 Å². The lowest BCUT2D eigenvalue weighted by atomic mass is 10.0. The topological polar surface area (TPSA) is 55.2 Å². The van der Waals surface area contributed by atoms with Gasteiger partial charge in [0.2, 0.25) is 5.91 Å². The molecule has 0 aliphatic carbocycles. The highest BCUT2D eigenvalue weighted by molar-refractivity contribution is 7.99. The number of hydrogen-bond acceptors (Lipinski definition) is 4. The van der Waals surface area contributed by atoms with Crippen LogP contribution in [-0.2, 0) is 4.79 Å². The summed E-state index contributed by atoms with van der Waals surface area (Å²) in [7, 11) is 0. The van der Waals surface area contributed by atoms with E-state index in [4.69, 9.17) is 0 Å². The zero-order chi connectivity index (χ0) is 22.0. The van der Waals surface area contributed by atoms with Gasteiger partial charge in [-0.25, -0.2) is 13.8 Å². The Morgan fingerprint density at radius 3 is 2.77 bits per heavy atom. The minimum atomic E-state index is -0.866. The number of fused-ring (bicyclic) bond motifs is 1. The Morgan fingerprint density at radius 1 is 1.19 bits per heavy atom. The number of halogens is 2. The Balaban J connectivity index is 1.72. The second-order valence-corrected chi connectivity index (χ2v) is 8.52. The minimum Gasteiger partial charge on any atom is -0.339 e. The first-order valence-corrected chi connectivity index (χ1v) is 11.4. The summed E-state index contributed by atoms with van der Waals surface area (Å²) in [6.45, 7) is 2.80. The molecule has 1 atom stereocenters. The lowest BCUT2D eigenvalue weighted by molar-refractivity contribution is -0.132. The van der Waals surface area contributed by atoms with E-state index in [2.05, 4.69) is 11.9 Å². The summed E-state index contributed by atoms with van der Waals surface area (Å²) in [5, 5.41) is 0.525. The van der Waals surface area contributed by atoms with Crippen molar-refractivity contribution in [1.82, 2.24) is 14.5 Å². The molecule has 0 spiro atoms. The third kappa shape index (κ3) is 4.35. The largest absolute Gasteiger partial charge is 0.339 e. The molecule has 3 aromatic rings. The maximum atomic E-state index is 14.6. The summed E-state index contributed by atoms with van der Waals surface area (Å²) in [4.78, 5) is 32.5. The summed E-state index contributed by atoms with van der Waals surface area (Å²) in [6, 6.07) is 10.0. The Bertz CT molecular complexity index is 1180. The smallest absolute Gasteiger partial charge is 0.266 e. The number of piperidine rings is 1. The number of hydrogen-bond donors (Lipinski definition) is 0. The number of thioether (sulfide) groups is 1. The van der Waals surface area contributed by atoms with E-state index in [0.29, 0.717) is 10.9 Å². The summed E-state index contributed by atoms with van der Waals surface area (Å²) in [6.07, 6.45) is 3.99. The zero-order valence-electron chi connectivity index (χ0n) is 17.2. The van der Waals surface area contributed by atoms with Gasteiger partial charge in [-0.15, -0.1) is 0 Å². The molecule has 2 aromatic carbocycles. The molecule has 1 amide bonds. The molecule has 1 saturated heterocycles. The molecule has 1 fully saturated rings. The molecule has 8 heteroatoms. The normalized spacial score (nSPS) is 16.6. The van der Waals surface area contributed by atoms with Crippen LogP contribution in [0.25, 0.3) is 16.6 Å². The molecule has 0 N–H and O–H groups in total. The summed E-state index contributed by atoms with van der Waals surface area (Å²) in [5.74, 6) is -1.54. The molecule has 1 aromatic heterocycles. The zero-order valence-corrected chi connectivity index (χ0v) is 18.0. The molecule has 31 heavy (non-hydrogen) atoms. The molecule has 2 heterocycles. The molecular weight excluding hydrogens is 420 g/mol. The monoisotopic (exact) mass is 443 g/mol. The van der Waals surface area contributed by atoms with Crippen molar-refractivity contribution in [2.24, 2.45) is 0 Å². The van der Waals surface area contributed by atoms with Gasteiger partial charge >= 0.3 is 0 Å². The lowest BCUT2D eigenvalue weighted by Gasteiger charge is -2.35. The van der Waals surface area contributed by atoms with Crippen LogP contribution in [0.3, 0.4) is 0 Å². The van der Waals surface area contributed by atoms with E-state index < -0.39 is 17.2 Å². The van der Waals surface area contributed by atoms with E-state index in [1.807, 2.05) is 4.90 Å². The highest BCUT2D eigenvalue weighted by atomic mass is 32.2. The van der Waals surface area contributed by atoms with Crippen molar-refractivity contribution in [1.29, 1.82) is 0 Å². The van der Waals surface area contributed by atoms with E-state index in [-0.39, 0.29) is 28.5 Å². The van der Waals surface area contributed by atoms with Gasteiger partial charge in [-0.1, -0.05) is 30.8 Å². The van der Waals surface area contributed by atoms with E-state index in [1.54, 1.807) is 24.3 Å². The Morgan fingerprint density at radius 2 is 2.00 bits per heavy atom. The number of benzene rings is 2. The minimum absolute atomic E-state index is 0.0231. The maximum Gasteiger partial charge on any atom is 0.266 e. The van der Waals surface area contributed by atoms with E-state index in [9.17, 15) is 18.4 Å². The molecule has 0 unspecified atom stereocenters. The van der Waals surface area contributed by atoms with Gasteiger partial charge in [0.05, 0.1) is 22.3 Å². The second-order valence-electron chi connectivity index (χ2n) is 7.58. The SMILES string of the molecule is CC[C@H]1CCCCN1C(=O)CSc1nc2ccccc2c(=O)n1-c1ccc(F)cc1F. The first kappa shape index (κ1) is 21.5. The van der Waals surface area contributed by atoms with Gasteiger partial charge in [0.25, 0.3) is 5.56 Å². The lowest BCUT2D eigenvalue weighted by Crippen LogP contribution is -2.44. The van der Waals surface area contributed by atoms with Crippen LogP contribution in [0, 0.1) is 11.6 Å². The Hall–Kier alpha value is -2.74. The van der Waals surface area contributed by atoms with Crippen molar-refractivity contribution in [2.45, 2.75) is 43.8 Å². The average Bonchev–Trinajstić information content (AvgIpc) is 2.78. The standard InChI is InChI=1S/C23H23F2N3O2S/c1-2-16-7-5-6-12-27(16)21(29)14-31-23-26-19-9-4-3-8-17(19)22(30)28(23)20-11-10-15(24)13-18(20)25/h3-4,8-11,13,16H,2,5-7,12,14H2,1H3/t16-/m0/s1. The van der Waals surface area contributed by atoms with Gasteiger partial charge in [-0.3, -0.25) is 14.2 Å². The van der Waals surface area contributed by atoms with Crippen LogP contribution in [0.5, 0.6) is 0 Å². The number of aromatic nitrogens is 2. The fourth-order valence-electron chi connectivity index (χ4n) is 4.05. The number of carbonyl (C=O) groups is 1. The van der Waals surface area contributed by atoms with E-state index >= 15 is 0 Å². The van der Waals surface area contributed by atoms with Crippen LogP contribution < -0.4 is 5.56 Å². The van der Waals surface area contributed by atoms with Crippen LogP contribution in [0.2, 0.25) is 0 Å². The van der Waals surface area contributed by atoms with Gasteiger partial charge in [0.15, 0.2) is 5.16 Å². The van der Waals surface area contributed by atoms with Crippen molar-refractivity contribution in [3.63, 3.8) is 0 Å². The van der Waals surface area contributed by atoms with Gasteiger partial charge in [-0.2, -0.15) is 0 Å². The van der Waals surface area contributed by atoms with Crippen LogP contribution in [0.1, 0.15) is 32.6 Å². The second kappa shape index (κ2) is 9.18. The molecule has 1 aliphatic rings. The van der Waals surface area contributed by atoms with Crippen molar-refractivity contribution in [2.75, 3.05) is 12.3 Å². The predicted octanol–water partition coefficient (Wildman–Crippen LogP) is 4.55. The number of carbonyl (C=O) groups excluding carboxylic acids is 1. The van der Waals surface area contributed by atoms with Gasteiger partial charge < -0.3 is 4.90 Å². The quantitative estimate of drug-likeness (QED) is 0.429. The van der Waals surface area contributed by atoms with Crippen molar-refractivity contribution >= 4 is 28.6 Å². The molecule has 5 nitrogen and oxygen atoms in total. The third-order valence-corrected chi connectivity index (χ3v) is 6.56. The Labute approximate surface area is 183 Å². The first-order chi connectivity index (χ1) is 15.0. The summed E-state index contributed by atoms with van der Waals surface area (Å²) in [5.41, 5.74) is -0.0925. The molecule has 1 aliphatic heterocycles. The van der Waals surface area contributed by atoms with Crippen LogP contribution in [-0.4, -0.2) is 38.7 Å². The number of amides is 1. The van der Waals surface area contributed by atoms with Crippen LogP contribution in [0.4, 0.5) is 8.78 Å². The fraction of sp³-hybridized carbons (Fsp3) is 0.348. The maximum absolute atomic E-state index is 14.6. The van der Waals surface area contributed by atoms with Crippen LogP contribution in [0.15, 0.2) is 52.4 Å². The Kier molecular flexibility index (Phi) is 6.36. The predicted molar refractivity (Wildman–Crippen MR) is 118 cm³/mol. The molecule has 4 rings (SSSR count). The van der Waals surface area contributed by atoms with Gasteiger partial charge in [-0.05, 0) is 49.9 Å². The van der Waals surface area contributed by atoms with E-state index in [1.165, 1.54) is 6.07 Å². The van der Waals surface area contributed by atoms with Crippen LogP contribution >= 0.6 is 11.8 Å². The molecule has 162 valence electrons. The number of para-hydroxylation sites is 1. The van der Waals surface area contributed by atoms with E-state index in [0.717, 1.165) is 60.7 Å². The average molecular weight is 444 g/mol. The number of likely N-dealkylation sites (tertiary alicyclic amines) is 1. The molecular formula is C23H23F2N3O2S. The van der Waals surface area contributed by atoms with Gasteiger partial charge in [0.1, 0.15) is 11.6 Å². The number of nitrogens with zero attached hydrogens (tertiary/aromatic N) is 3. The molecule has 0 bridgehead atoms. The number of rotatable bonds is 5. The van der Waals surface area contributed by atoms with Gasteiger partial charge in [0, 0.05) is 18.7 Å². The summed E-state index contributed by atoms with van der Waals surface area (Å²) < 4.78 is 29.1. The molecule has 0 radical (unpaired) electrons.